The summed E-state index contributed by atoms with van der Waals surface area (Å²) in [5.74, 6) is 0.361. The second kappa shape index (κ2) is 15.5. The van der Waals surface area contributed by atoms with E-state index in [1.807, 2.05) is 6.07 Å². The highest BCUT2D eigenvalue weighted by Gasteiger charge is 2.20. The van der Waals surface area contributed by atoms with Gasteiger partial charge in [-0.2, -0.15) is 5.10 Å². The Morgan fingerprint density at radius 2 is 1.54 bits per heavy atom. The lowest BCUT2D eigenvalue weighted by Gasteiger charge is -2.15. The highest BCUT2D eigenvalue weighted by molar-refractivity contribution is 5.94. The maximum absolute atomic E-state index is 12.9. The van der Waals surface area contributed by atoms with Crippen LogP contribution in [0.15, 0.2) is 65.8 Å². The fourth-order valence-electron chi connectivity index (χ4n) is 3.69. The molecule has 41 heavy (non-hydrogen) atoms. The van der Waals surface area contributed by atoms with Crippen LogP contribution < -0.4 is 34.4 Å². The Morgan fingerprint density at radius 1 is 0.829 bits per heavy atom. The lowest BCUT2D eigenvalue weighted by atomic mass is 10.1. The average molecular weight is 564 g/mol. The molecule has 216 valence electrons. The number of hydrogen-bond acceptors (Lipinski definition) is 9. The number of esters is 1. The zero-order chi connectivity index (χ0) is 29.6. The van der Waals surface area contributed by atoms with Gasteiger partial charge in [0.05, 0.1) is 39.7 Å². The van der Waals surface area contributed by atoms with E-state index < -0.39 is 5.97 Å². The van der Waals surface area contributed by atoms with Gasteiger partial charge in [0, 0.05) is 18.5 Å². The molecule has 0 saturated carbocycles. The van der Waals surface area contributed by atoms with Crippen LogP contribution in [0.25, 0.3) is 0 Å². The highest BCUT2D eigenvalue weighted by atomic mass is 16.6. The second-order valence-electron chi connectivity index (χ2n) is 8.46. The van der Waals surface area contributed by atoms with E-state index in [2.05, 4.69) is 15.8 Å². The first-order valence-corrected chi connectivity index (χ1v) is 12.8. The van der Waals surface area contributed by atoms with Gasteiger partial charge in [-0.1, -0.05) is 18.2 Å². The van der Waals surface area contributed by atoms with Gasteiger partial charge in [-0.25, -0.2) is 10.2 Å². The van der Waals surface area contributed by atoms with Gasteiger partial charge in [-0.05, 0) is 61.4 Å². The Kier molecular flexibility index (Phi) is 11.5. The monoisotopic (exact) mass is 563 g/mol. The number of rotatable bonds is 14. The van der Waals surface area contributed by atoms with Crippen molar-refractivity contribution in [1.29, 1.82) is 0 Å². The summed E-state index contributed by atoms with van der Waals surface area (Å²) in [6, 6.07) is 16.7. The number of benzene rings is 3. The third kappa shape index (κ3) is 8.72. The molecule has 0 bridgehead atoms. The second-order valence-corrected chi connectivity index (χ2v) is 8.46. The van der Waals surface area contributed by atoms with Gasteiger partial charge >= 0.3 is 5.97 Å². The Balaban J connectivity index is 1.57. The van der Waals surface area contributed by atoms with Gasteiger partial charge in [0.2, 0.25) is 11.7 Å². The van der Waals surface area contributed by atoms with Crippen molar-refractivity contribution in [2.45, 2.75) is 19.8 Å². The Morgan fingerprint density at radius 3 is 2.17 bits per heavy atom. The van der Waals surface area contributed by atoms with Crippen molar-refractivity contribution in [3.05, 3.63) is 77.4 Å². The summed E-state index contributed by atoms with van der Waals surface area (Å²) in [4.78, 5) is 37.1. The van der Waals surface area contributed by atoms with E-state index in [1.54, 1.807) is 49.4 Å². The van der Waals surface area contributed by atoms with Crippen LogP contribution in [0.3, 0.4) is 0 Å². The van der Waals surface area contributed by atoms with Crippen LogP contribution in [0, 0.1) is 0 Å². The molecule has 2 N–H and O–H groups in total. The van der Waals surface area contributed by atoms with Crippen LogP contribution in [0.4, 0.5) is 0 Å². The largest absolute Gasteiger partial charge is 0.493 e. The van der Waals surface area contributed by atoms with Gasteiger partial charge in [0.1, 0.15) is 0 Å². The van der Waals surface area contributed by atoms with E-state index in [1.165, 1.54) is 39.7 Å². The van der Waals surface area contributed by atoms with Crippen LogP contribution in [0.2, 0.25) is 0 Å². The molecule has 0 fully saturated rings. The van der Waals surface area contributed by atoms with Gasteiger partial charge in [-0.15, -0.1) is 0 Å². The molecule has 3 aromatic carbocycles. The van der Waals surface area contributed by atoms with Crippen LogP contribution in [-0.4, -0.2) is 58.5 Å². The number of amides is 2. The minimum Gasteiger partial charge on any atom is -0.493 e. The molecular formula is C30H33N3O8. The van der Waals surface area contributed by atoms with E-state index in [4.69, 9.17) is 23.7 Å². The summed E-state index contributed by atoms with van der Waals surface area (Å²) in [7, 11) is 4.38. The number of nitrogens with zero attached hydrogens (tertiary/aromatic N) is 1. The van der Waals surface area contributed by atoms with Crippen LogP contribution in [0.1, 0.15) is 46.0 Å². The van der Waals surface area contributed by atoms with E-state index in [0.717, 1.165) is 0 Å². The average Bonchev–Trinajstić information content (AvgIpc) is 3.00. The highest BCUT2D eigenvalue weighted by Crippen LogP contribution is 2.38. The first-order chi connectivity index (χ1) is 19.9. The van der Waals surface area contributed by atoms with Crippen molar-refractivity contribution in [3.8, 4) is 28.7 Å². The number of hydrogen-bond donors (Lipinski definition) is 2. The maximum atomic E-state index is 12.9. The Labute approximate surface area is 238 Å². The summed E-state index contributed by atoms with van der Waals surface area (Å²) < 4.78 is 27.2. The molecule has 0 aliphatic rings. The van der Waals surface area contributed by atoms with Crippen molar-refractivity contribution in [2.75, 3.05) is 34.5 Å². The van der Waals surface area contributed by atoms with Gasteiger partial charge < -0.3 is 29.0 Å². The number of methoxy groups -OCH3 is 3. The smallest absolute Gasteiger partial charge is 0.343 e. The Hall–Kier alpha value is -5.06. The van der Waals surface area contributed by atoms with E-state index >= 15 is 0 Å². The third-order valence-electron chi connectivity index (χ3n) is 5.68. The standard InChI is InChI=1S/C30H33N3O8/c1-5-40-24-16-20(19-32-33-27(34)12-9-15-31-29(35)21-10-7-6-8-11-21)13-14-23(24)41-30(36)22-17-25(37-2)28(39-4)26(18-22)38-3/h6-8,10-11,13-14,16-19H,5,9,12,15H2,1-4H3,(H,31,35)(H,33,34). The molecule has 0 aliphatic heterocycles. The van der Waals surface area contributed by atoms with E-state index in [0.29, 0.717) is 53.7 Å². The molecule has 0 saturated heterocycles. The lowest BCUT2D eigenvalue weighted by molar-refractivity contribution is -0.121. The maximum Gasteiger partial charge on any atom is 0.343 e. The summed E-state index contributed by atoms with van der Waals surface area (Å²) in [5.41, 5.74) is 3.82. The molecule has 0 unspecified atom stereocenters. The quantitative estimate of drug-likeness (QED) is 0.0989. The van der Waals surface area contributed by atoms with Crippen LogP contribution in [0.5, 0.6) is 28.7 Å². The summed E-state index contributed by atoms with van der Waals surface area (Å²) >= 11 is 0. The SMILES string of the molecule is CCOc1cc(C=NNC(=O)CCCNC(=O)c2ccccc2)ccc1OC(=O)c1cc(OC)c(OC)c(OC)c1. The van der Waals surface area contributed by atoms with Crippen molar-refractivity contribution >= 4 is 24.0 Å². The minimum absolute atomic E-state index is 0.187. The fraction of sp³-hybridized carbons (Fsp3) is 0.267. The van der Waals surface area contributed by atoms with Crippen molar-refractivity contribution in [2.24, 2.45) is 5.10 Å². The number of carbonyl (C=O) groups is 3. The molecule has 2 amide bonds. The molecule has 11 heteroatoms. The van der Waals surface area contributed by atoms with Crippen molar-refractivity contribution < 1.29 is 38.1 Å². The molecule has 0 atom stereocenters. The van der Waals surface area contributed by atoms with Gasteiger partial charge in [0.25, 0.3) is 5.91 Å². The number of nitrogens with one attached hydrogen (secondary N) is 2. The molecule has 0 radical (unpaired) electrons. The normalized spacial score (nSPS) is 10.5. The topological polar surface area (TPSA) is 134 Å². The summed E-state index contributed by atoms with van der Waals surface area (Å²) in [5, 5.41) is 6.76. The fourth-order valence-corrected chi connectivity index (χ4v) is 3.69. The number of carbonyl (C=O) groups excluding carboxylic acids is 3. The zero-order valence-electron chi connectivity index (χ0n) is 23.4. The van der Waals surface area contributed by atoms with Crippen LogP contribution >= 0.6 is 0 Å². The molecule has 11 nitrogen and oxygen atoms in total. The summed E-state index contributed by atoms with van der Waals surface area (Å²) in [6.45, 7) is 2.49. The summed E-state index contributed by atoms with van der Waals surface area (Å²) in [6.07, 6.45) is 2.09. The van der Waals surface area contributed by atoms with E-state index in [9.17, 15) is 14.4 Å². The van der Waals surface area contributed by atoms with Crippen molar-refractivity contribution in [1.82, 2.24) is 10.7 Å². The number of ether oxygens (including phenoxy) is 5. The minimum atomic E-state index is -0.654. The van der Waals surface area contributed by atoms with E-state index in [-0.39, 0.29) is 29.5 Å². The predicted octanol–water partition coefficient (Wildman–Crippen LogP) is 3.99. The molecule has 0 spiro atoms. The molecule has 3 aromatic rings. The molecular weight excluding hydrogens is 530 g/mol. The molecule has 0 aliphatic carbocycles. The molecule has 3 rings (SSSR count). The molecule has 0 heterocycles. The van der Waals surface area contributed by atoms with Gasteiger partial charge in [-0.3, -0.25) is 9.59 Å². The zero-order valence-corrected chi connectivity index (χ0v) is 23.4. The first kappa shape index (κ1) is 30.5. The molecule has 0 aromatic heterocycles. The lowest BCUT2D eigenvalue weighted by Crippen LogP contribution is -2.26. The third-order valence-corrected chi connectivity index (χ3v) is 5.68. The number of hydrazone groups is 1. The van der Waals surface area contributed by atoms with Crippen molar-refractivity contribution in [3.63, 3.8) is 0 Å². The predicted molar refractivity (Wildman–Crippen MR) is 152 cm³/mol. The first-order valence-electron chi connectivity index (χ1n) is 12.8. The Bertz CT molecular complexity index is 1350. The van der Waals surface area contributed by atoms with Gasteiger partial charge in [0.15, 0.2) is 23.0 Å². The van der Waals surface area contributed by atoms with Crippen LogP contribution in [-0.2, 0) is 4.79 Å².